The van der Waals surface area contributed by atoms with Crippen LogP contribution in [0, 0.1) is 0 Å². The van der Waals surface area contributed by atoms with Crippen molar-refractivity contribution in [3.63, 3.8) is 0 Å². The summed E-state index contributed by atoms with van der Waals surface area (Å²) in [6, 6.07) is 3.95. The van der Waals surface area contributed by atoms with Crippen molar-refractivity contribution in [2.24, 2.45) is 0 Å². The van der Waals surface area contributed by atoms with Crippen LogP contribution in [-0.4, -0.2) is 79.3 Å². The van der Waals surface area contributed by atoms with Gasteiger partial charge in [-0.05, 0) is 27.0 Å². The molecule has 3 rings (SSSR count). The third-order valence-corrected chi connectivity index (χ3v) is 4.81. The maximum Gasteiger partial charge on any atom is 0.317 e. The summed E-state index contributed by atoms with van der Waals surface area (Å²) in [6.07, 6.45) is 1.98. The monoisotopic (exact) mass is 347 g/mol. The highest BCUT2D eigenvalue weighted by Gasteiger charge is 2.26. The summed E-state index contributed by atoms with van der Waals surface area (Å²) < 4.78 is 5.69. The van der Waals surface area contributed by atoms with Gasteiger partial charge >= 0.3 is 6.03 Å². The van der Waals surface area contributed by atoms with E-state index in [2.05, 4.69) is 27.1 Å². The Labute approximate surface area is 149 Å². The van der Waals surface area contributed by atoms with Crippen LogP contribution in [0.2, 0.25) is 0 Å². The topological polar surface area (TPSA) is 60.9 Å². The second-order valence-electron chi connectivity index (χ2n) is 7.10. The van der Waals surface area contributed by atoms with Crippen molar-refractivity contribution >= 4 is 11.8 Å². The number of carbonyl (C=O) groups is 1. The largest absolute Gasteiger partial charge is 0.372 e. The van der Waals surface area contributed by atoms with Crippen molar-refractivity contribution in [2.75, 3.05) is 51.2 Å². The molecule has 1 N–H and O–H groups in total. The number of nitrogens with one attached hydrogen (secondary N) is 1. The van der Waals surface area contributed by atoms with Crippen LogP contribution in [0.3, 0.4) is 0 Å². The number of pyridine rings is 1. The number of likely N-dealkylation sites (N-methyl/N-ethyl adjacent to an activating group) is 1. The molecule has 0 aliphatic carbocycles. The fraction of sp³-hybridized carbons (Fsp3) is 0.667. The molecular formula is C18H29N5O2. The summed E-state index contributed by atoms with van der Waals surface area (Å²) in [5, 5.41) is 3.05. The lowest BCUT2D eigenvalue weighted by Gasteiger charge is -2.36. The summed E-state index contributed by atoms with van der Waals surface area (Å²) >= 11 is 0. The number of morpholine rings is 1. The van der Waals surface area contributed by atoms with Gasteiger partial charge in [-0.25, -0.2) is 9.78 Å². The molecule has 3 heterocycles. The Bertz CT molecular complexity index is 579. The van der Waals surface area contributed by atoms with Crippen LogP contribution in [0.4, 0.5) is 10.6 Å². The van der Waals surface area contributed by atoms with Gasteiger partial charge in [0, 0.05) is 57.6 Å². The second-order valence-corrected chi connectivity index (χ2v) is 7.10. The highest BCUT2D eigenvalue weighted by atomic mass is 16.5. The summed E-state index contributed by atoms with van der Waals surface area (Å²) in [6.45, 7) is 9.76. The van der Waals surface area contributed by atoms with Crippen LogP contribution in [0.5, 0.6) is 0 Å². The highest BCUT2D eigenvalue weighted by molar-refractivity contribution is 5.74. The SMILES string of the molecule is C[C@@H]1CN(C(=O)NCc2cccnc2N2CCN(C)CC2)C[C@H](C)O1. The van der Waals surface area contributed by atoms with E-state index in [0.717, 1.165) is 37.6 Å². The van der Waals surface area contributed by atoms with Crippen LogP contribution in [-0.2, 0) is 11.3 Å². The molecule has 7 nitrogen and oxygen atoms in total. The van der Waals surface area contributed by atoms with Crippen molar-refractivity contribution in [2.45, 2.75) is 32.6 Å². The minimum absolute atomic E-state index is 0.0322. The van der Waals surface area contributed by atoms with Crippen LogP contribution in [0.25, 0.3) is 0 Å². The van der Waals surface area contributed by atoms with Gasteiger partial charge in [0.2, 0.25) is 0 Å². The third kappa shape index (κ3) is 4.61. The molecule has 7 heteroatoms. The number of hydrogen-bond acceptors (Lipinski definition) is 5. The molecule has 138 valence electrons. The molecule has 0 saturated carbocycles. The minimum Gasteiger partial charge on any atom is -0.372 e. The molecule has 2 amide bonds. The summed E-state index contributed by atoms with van der Waals surface area (Å²) in [4.78, 5) is 23.5. The Hall–Kier alpha value is -1.86. The fourth-order valence-electron chi connectivity index (χ4n) is 3.50. The van der Waals surface area contributed by atoms with E-state index in [1.165, 1.54) is 0 Å². The smallest absolute Gasteiger partial charge is 0.317 e. The molecule has 2 saturated heterocycles. The molecule has 0 unspecified atom stereocenters. The first-order valence-electron chi connectivity index (χ1n) is 9.08. The van der Waals surface area contributed by atoms with Crippen molar-refractivity contribution in [3.05, 3.63) is 23.9 Å². The van der Waals surface area contributed by atoms with E-state index in [0.29, 0.717) is 19.6 Å². The van der Waals surface area contributed by atoms with Gasteiger partial charge in [-0.1, -0.05) is 6.07 Å². The standard InChI is InChI=1S/C18H29N5O2/c1-14-12-23(13-15(2)25-14)18(24)20-11-16-5-4-6-19-17(16)22-9-7-21(3)8-10-22/h4-6,14-15H,7-13H2,1-3H3,(H,20,24)/t14-,15+. The molecular weight excluding hydrogens is 318 g/mol. The minimum atomic E-state index is -0.0322. The van der Waals surface area contributed by atoms with Crippen LogP contribution in [0.1, 0.15) is 19.4 Å². The van der Waals surface area contributed by atoms with Gasteiger partial charge in [-0.2, -0.15) is 0 Å². The lowest BCUT2D eigenvalue weighted by molar-refractivity contribution is -0.0545. The molecule has 2 atom stereocenters. The zero-order chi connectivity index (χ0) is 17.8. The van der Waals surface area contributed by atoms with E-state index in [1.807, 2.05) is 37.1 Å². The quantitative estimate of drug-likeness (QED) is 0.889. The van der Waals surface area contributed by atoms with Gasteiger partial charge in [0.1, 0.15) is 5.82 Å². The number of carbonyl (C=O) groups excluding carboxylic acids is 1. The van der Waals surface area contributed by atoms with E-state index < -0.39 is 0 Å². The van der Waals surface area contributed by atoms with Crippen molar-refractivity contribution in [3.8, 4) is 0 Å². The number of urea groups is 1. The average molecular weight is 347 g/mol. The van der Waals surface area contributed by atoms with E-state index in [-0.39, 0.29) is 18.2 Å². The normalized spacial score (nSPS) is 25.1. The Morgan fingerprint density at radius 3 is 2.60 bits per heavy atom. The highest BCUT2D eigenvalue weighted by Crippen LogP contribution is 2.19. The first kappa shape index (κ1) is 17.9. The molecule has 1 aromatic heterocycles. The summed E-state index contributed by atoms with van der Waals surface area (Å²) in [7, 11) is 2.14. The van der Waals surface area contributed by atoms with E-state index >= 15 is 0 Å². The van der Waals surface area contributed by atoms with Crippen molar-refractivity contribution in [1.29, 1.82) is 0 Å². The Balaban J connectivity index is 1.60. The maximum atomic E-state index is 12.5. The molecule has 2 aliphatic rings. The first-order valence-corrected chi connectivity index (χ1v) is 9.08. The van der Waals surface area contributed by atoms with E-state index in [4.69, 9.17) is 4.74 Å². The zero-order valence-electron chi connectivity index (χ0n) is 15.4. The summed E-state index contributed by atoms with van der Waals surface area (Å²) in [5.41, 5.74) is 1.06. The first-order chi connectivity index (χ1) is 12.0. The van der Waals surface area contributed by atoms with Gasteiger partial charge < -0.3 is 24.8 Å². The van der Waals surface area contributed by atoms with Crippen LogP contribution in [0.15, 0.2) is 18.3 Å². The van der Waals surface area contributed by atoms with Gasteiger partial charge in [0.15, 0.2) is 0 Å². The predicted octanol–water partition coefficient (Wildman–Crippen LogP) is 1.15. The molecule has 25 heavy (non-hydrogen) atoms. The van der Waals surface area contributed by atoms with Gasteiger partial charge in [-0.3, -0.25) is 0 Å². The average Bonchev–Trinajstić information content (AvgIpc) is 2.60. The number of nitrogens with zero attached hydrogens (tertiary/aromatic N) is 4. The summed E-state index contributed by atoms with van der Waals surface area (Å²) in [5.74, 6) is 0.986. The number of anilines is 1. The van der Waals surface area contributed by atoms with Crippen molar-refractivity contribution < 1.29 is 9.53 Å². The lowest BCUT2D eigenvalue weighted by atomic mass is 10.2. The van der Waals surface area contributed by atoms with Crippen LogP contribution < -0.4 is 10.2 Å². The maximum absolute atomic E-state index is 12.5. The Morgan fingerprint density at radius 1 is 1.24 bits per heavy atom. The van der Waals surface area contributed by atoms with E-state index in [1.54, 1.807) is 0 Å². The number of amides is 2. The predicted molar refractivity (Wildman–Crippen MR) is 97.8 cm³/mol. The molecule has 0 radical (unpaired) electrons. The van der Waals surface area contributed by atoms with Gasteiger partial charge in [0.05, 0.1) is 12.2 Å². The van der Waals surface area contributed by atoms with Gasteiger partial charge in [-0.15, -0.1) is 0 Å². The third-order valence-electron chi connectivity index (χ3n) is 4.81. The van der Waals surface area contributed by atoms with Crippen LogP contribution >= 0.6 is 0 Å². The number of piperazine rings is 1. The molecule has 0 spiro atoms. The molecule has 0 bridgehead atoms. The molecule has 2 fully saturated rings. The molecule has 0 aromatic carbocycles. The fourth-order valence-corrected chi connectivity index (χ4v) is 3.50. The van der Waals surface area contributed by atoms with E-state index in [9.17, 15) is 4.79 Å². The second kappa shape index (κ2) is 8.01. The molecule has 2 aliphatic heterocycles. The Morgan fingerprint density at radius 2 is 1.92 bits per heavy atom. The lowest BCUT2D eigenvalue weighted by Crippen LogP contribution is -2.51. The Kier molecular flexibility index (Phi) is 5.75. The molecule has 1 aromatic rings. The number of hydrogen-bond donors (Lipinski definition) is 1. The number of rotatable bonds is 3. The zero-order valence-corrected chi connectivity index (χ0v) is 15.4. The number of ether oxygens (including phenoxy) is 1. The van der Waals surface area contributed by atoms with Crippen molar-refractivity contribution in [1.82, 2.24) is 20.1 Å². The number of aromatic nitrogens is 1. The van der Waals surface area contributed by atoms with Gasteiger partial charge in [0.25, 0.3) is 0 Å².